The number of hydrogen-bond acceptors (Lipinski definition) is 6. The summed E-state index contributed by atoms with van der Waals surface area (Å²) < 4.78 is 6.14. The molecule has 0 aromatic heterocycles. The number of benzene rings is 1. The van der Waals surface area contributed by atoms with Crippen molar-refractivity contribution in [1.29, 1.82) is 5.26 Å². The van der Waals surface area contributed by atoms with E-state index in [-0.39, 0.29) is 18.5 Å². The number of allylic oxidation sites excluding steroid dienone is 2. The Hall–Kier alpha value is -2.75. The highest BCUT2D eigenvalue weighted by molar-refractivity contribution is 6.50. The van der Waals surface area contributed by atoms with E-state index in [1.165, 1.54) is 5.57 Å². The van der Waals surface area contributed by atoms with Gasteiger partial charge in [0.2, 0.25) is 0 Å². The summed E-state index contributed by atoms with van der Waals surface area (Å²) >= 11 is 6.25. The summed E-state index contributed by atoms with van der Waals surface area (Å²) in [6.07, 6.45) is 7.94. The fourth-order valence-electron chi connectivity index (χ4n) is 4.47. The zero-order valence-electron chi connectivity index (χ0n) is 16.9. The molecule has 1 aromatic rings. The zero-order chi connectivity index (χ0) is 20.5. The van der Waals surface area contributed by atoms with Crippen molar-refractivity contribution in [3.05, 3.63) is 64.0 Å². The maximum Gasteiger partial charge on any atom is 0.121 e. The molecule has 1 saturated carbocycles. The van der Waals surface area contributed by atoms with Crippen molar-refractivity contribution in [1.82, 2.24) is 10.7 Å². The molecule has 1 fully saturated rings. The summed E-state index contributed by atoms with van der Waals surface area (Å²) in [7, 11) is 0. The monoisotopic (exact) mass is 455 g/mol. The first-order valence-electron chi connectivity index (χ1n) is 10.3. The maximum atomic E-state index is 9.07. The lowest BCUT2D eigenvalue weighted by atomic mass is 9.81. The lowest BCUT2D eigenvalue weighted by Gasteiger charge is -2.31. The molecule has 4 aliphatic rings. The molecule has 31 heavy (non-hydrogen) atoms. The molecule has 3 heterocycles. The Morgan fingerprint density at radius 3 is 2.84 bits per heavy atom. The summed E-state index contributed by atoms with van der Waals surface area (Å²) in [5.41, 5.74) is 9.00. The minimum atomic E-state index is 0. The molecule has 8 heteroatoms. The Kier molecular flexibility index (Phi) is 6.35. The predicted octanol–water partition coefficient (Wildman–Crippen LogP) is 4.20. The molecular weight excluding hydrogens is 433 g/mol. The molecule has 160 valence electrons. The van der Waals surface area contributed by atoms with Crippen molar-refractivity contribution < 1.29 is 4.74 Å². The van der Waals surface area contributed by atoms with E-state index in [4.69, 9.17) is 26.6 Å². The Morgan fingerprint density at radius 2 is 2.03 bits per heavy atom. The molecule has 0 atom stereocenters. The van der Waals surface area contributed by atoms with Gasteiger partial charge >= 0.3 is 0 Å². The van der Waals surface area contributed by atoms with Crippen LogP contribution in [0.2, 0.25) is 0 Å². The third-order valence-corrected chi connectivity index (χ3v) is 6.21. The average Bonchev–Trinajstić information content (AvgIpc) is 3.00. The number of hydrogen-bond donors (Lipinski definition) is 2. The van der Waals surface area contributed by atoms with Gasteiger partial charge in [-0.2, -0.15) is 10.4 Å². The normalized spacial score (nSPS) is 24.4. The van der Waals surface area contributed by atoms with E-state index in [1.807, 2.05) is 24.3 Å². The van der Waals surface area contributed by atoms with Gasteiger partial charge in [0, 0.05) is 23.1 Å². The van der Waals surface area contributed by atoms with Crippen LogP contribution < -0.4 is 15.5 Å². The predicted molar refractivity (Wildman–Crippen MR) is 125 cm³/mol. The summed E-state index contributed by atoms with van der Waals surface area (Å²) in [5.74, 6) is 1.12. The highest BCUT2D eigenvalue weighted by Crippen LogP contribution is 2.34. The van der Waals surface area contributed by atoms with Crippen LogP contribution in [-0.2, 0) is 0 Å². The van der Waals surface area contributed by atoms with E-state index in [9.17, 15) is 0 Å². The van der Waals surface area contributed by atoms with E-state index in [2.05, 4.69) is 21.9 Å². The third-order valence-electron chi connectivity index (χ3n) is 5.95. The summed E-state index contributed by atoms with van der Waals surface area (Å²) in [4.78, 5) is 4.89. The molecule has 0 spiro atoms. The number of hydrazone groups is 1. The lowest BCUT2D eigenvalue weighted by molar-refractivity contribution is 0.145. The second-order valence-electron chi connectivity index (χ2n) is 7.88. The number of fused-ring (bicyclic) bond motifs is 2. The van der Waals surface area contributed by atoms with Crippen molar-refractivity contribution in [3.8, 4) is 11.8 Å². The molecule has 2 N–H and O–H groups in total. The van der Waals surface area contributed by atoms with Crippen LogP contribution in [0.25, 0.3) is 0 Å². The molecule has 0 saturated heterocycles. The van der Waals surface area contributed by atoms with Crippen LogP contribution in [0, 0.1) is 17.2 Å². The Bertz CT molecular complexity index is 1070. The van der Waals surface area contributed by atoms with Gasteiger partial charge < -0.3 is 15.5 Å². The number of nitrogens with zero attached hydrogens (tertiary/aromatic N) is 3. The van der Waals surface area contributed by atoms with Crippen LogP contribution in [0.3, 0.4) is 0 Å². The van der Waals surface area contributed by atoms with Gasteiger partial charge in [-0.25, -0.2) is 4.99 Å². The first kappa shape index (κ1) is 21.5. The molecule has 1 aromatic carbocycles. The molecule has 1 aliphatic carbocycles. The number of rotatable bonds is 3. The van der Waals surface area contributed by atoms with Gasteiger partial charge in [-0.15, -0.1) is 12.4 Å². The molecule has 0 bridgehead atoms. The second kappa shape index (κ2) is 9.17. The van der Waals surface area contributed by atoms with Crippen molar-refractivity contribution in [3.63, 3.8) is 0 Å². The fourth-order valence-corrected chi connectivity index (χ4v) is 4.65. The first-order valence-corrected chi connectivity index (χ1v) is 10.7. The smallest absolute Gasteiger partial charge is 0.121 e. The number of nitriles is 1. The molecular formula is C23H23Cl2N5O. The van der Waals surface area contributed by atoms with E-state index >= 15 is 0 Å². The summed E-state index contributed by atoms with van der Waals surface area (Å²) in [6.45, 7) is 1.37. The van der Waals surface area contributed by atoms with Crippen molar-refractivity contribution in [2.75, 3.05) is 13.1 Å². The molecule has 6 nitrogen and oxygen atoms in total. The topological polar surface area (TPSA) is 81.8 Å². The van der Waals surface area contributed by atoms with Gasteiger partial charge in [-0.3, -0.25) is 0 Å². The molecule has 0 unspecified atom stereocenters. The van der Waals surface area contributed by atoms with Crippen molar-refractivity contribution >= 4 is 35.4 Å². The Morgan fingerprint density at radius 1 is 1.19 bits per heavy atom. The van der Waals surface area contributed by atoms with E-state index in [1.54, 1.807) is 12.1 Å². The van der Waals surface area contributed by atoms with Crippen LogP contribution in [0.1, 0.15) is 31.2 Å². The fraction of sp³-hybridized carbons (Fsp3) is 0.348. The van der Waals surface area contributed by atoms with Crippen LogP contribution >= 0.6 is 24.0 Å². The molecule has 5 rings (SSSR count). The average molecular weight is 456 g/mol. The SMILES string of the molecule is Cl.N#Cc1cccc(O[C@H]2CC[C@H](C3=NNCC4=C5NCC=C(Cl)C=C5N=C43)CC2)c1. The third kappa shape index (κ3) is 4.34. The van der Waals surface area contributed by atoms with E-state index in [0.29, 0.717) is 29.6 Å². The highest BCUT2D eigenvalue weighted by atomic mass is 35.5. The molecule has 0 amide bonds. The number of ether oxygens (including phenoxy) is 1. The van der Waals surface area contributed by atoms with E-state index in [0.717, 1.165) is 54.3 Å². The number of nitrogens with one attached hydrogen (secondary N) is 2. The van der Waals surface area contributed by atoms with Crippen LogP contribution in [0.15, 0.2) is 68.5 Å². The number of halogens is 2. The van der Waals surface area contributed by atoms with Crippen molar-refractivity contribution in [2.24, 2.45) is 16.0 Å². The van der Waals surface area contributed by atoms with Gasteiger partial charge in [0.15, 0.2) is 0 Å². The quantitative estimate of drug-likeness (QED) is 0.715. The van der Waals surface area contributed by atoms with Gasteiger partial charge in [-0.05, 0) is 56.0 Å². The maximum absolute atomic E-state index is 9.07. The van der Waals surface area contributed by atoms with Gasteiger partial charge in [0.1, 0.15) is 5.75 Å². The summed E-state index contributed by atoms with van der Waals surface area (Å²) in [6, 6.07) is 9.53. The van der Waals surface area contributed by atoms with Crippen LogP contribution in [0.5, 0.6) is 5.75 Å². The van der Waals surface area contributed by atoms with Gasteiger partial charge in [0.05, 0.1) is 47.1 Å². The summed E-state index contributed by atoms with van der Waals surface area (Å²) in [5, 5.41) is 17.9. The standard InChI is InChI=1S/C23H22ClN5O.ClH/c24-16-8-9-26-22-19-13-27-29-21(23(19)28-20(22)11-16)15-4-6-17(7-5-15)30-18-3-1-2-14(10-18)12-25;/h1-3,8,10-11,15,17,26-27H,4-7,9,13H2;1H/t15-,17-;. The first-order chi connectivity index (χ1) is 14.7. The number of aliphatic imine (C=N–C) groups is 1. The molecule has 0 radical (unpaired) electrons. The lowest BCUT2D eigenvalue weighted by Crippen LogP contribution is -2.38. The van der Waals surface area contributed by atoms with Crippen molar-refractivity contribution in [2.45, 2.75) is 31.8 Å². The van der Waals surface area contributed by atoms with Gasteiger partial charge in [0.25, 0.3) is 0 Å². The zero-order valence-corrected chi connectivity index (χ0v) is 18.5. The van der Waals surface area contributed by atoms with E-state index < -0.39 is 0 Å². The minimum absolute atomic E-state index is 0. The van der Waals surface area contributed by atoms with Crippen LogP contribution in [0.4, 0.5) is 0 Å². The Balaban J connectivity index is 0.00000231. The minimum Gasteiger partial charge on any atom is -0.490 e. The van der Waals surface area contributed by atoms with Gasteiger partial charge in [-0.1, -0.05) is 17.7 Å². The van der Waals surface area contributed by atoms with Crippen LogP contribution in [-0.4, -0.2) is 30.6 Å². The Labute approximate surface area is 192 Å². The molecule has 3 aliphatic heterocycles. The largest absolute Gasteiger partial charge is 0.490 e. The second-order valence-corrected chi connectivity index (χ2v) is 8.31. The highest BCUT2D eigenvalue weighted by Gasteiger charge is 2.35.